The molecule has 1 heterocycles. The van der Waals surface area contributed by atoms with Gasteiger partial charge in [0.25, 0.3) is 0 Å². The molecule has 0 atom stereocenters. The minimum absolute atomic E-state index is 0.103. The van der Waals surface area contributed by atoms with Crippen molar-refractivity contribution in [3.8, 4) is 40.1 Å². The molecular formula is C24H26O8. The van der Waals surface area contributed by atoms with Crippen LogP contribution < -0.4 is 10.2 Å². The highest BCUT2D eigenvalue weighted by Crippen LogP contribution is 2.38. The molecule has 0 saturated carbocycles. The first-order valence-electron chi connectivity index (χ1n) is 10.6. The molecular weight excluding hydrogens is 416 g/mol. The predicted molar refractivity (Wildman–Crippen MR) is 118 cm³/mol. The zero-order valence-corrected chi connectivity index (χ0v) is 17.8. The second kappa shape index (κ2) is 10.1. The van der Waals surface area contributed by atoms with Crippen LogP contribution in [0, 0.1) is 0 Å². The zero-order chi connectivity index (χ0) is 23.3. The number of hydrogen-bond donors (Lipinski definition) is 4. The molecule has 0 fully saturated rings. The van der Waals surface area contributed by atoms with Crippen LogP contribution >= 0.6 is 0 Å². The fourth-order valence-electron chi connectivity index (χ4n) is 3.43. The minimum atomic E-state index is -0.803. The van der Waals surface area contributed by atoms with E-state index >= 15 is 0 Å². The van der Waals surface area contributed by atoms with Crippen molar-refractivity contribution < 1.29 is 34.4 Å². The lowest BCUT2D eigenvalue weighted by Crippen LogP contribution is -2.16. The van der Waals surface area contributed by atoms with Gasteiger partial charge in [0.15, 0.2) is 17.3 Å². The van der Waals surface area contributed by atoms with Gasteiger partial charge >= 0.3 is 5.97 Å². The van der Waals surface area contributed by atoms with Crippen LogP contribution in [0.2, 0.25) is 0 Å². The summed E-state index contributed by atoms with van der Waals surface area (Å²) in [6.07, 6.45) is 5.95. The van der Waals surface area contributed by atoms with Gasteiger partial charge in [-0.3, -0.25) is 9.59 Å². The van der Waals surface area contributed by atoms with E-state index in [4.69, 9.17) is 9.15 Å². The first-order valence-corrected chi connectivity index (χ1v) is 10.6. The van der Waals surface area contributed by atoms with Gasteiger partial charge in [0, 0.05) is 24.1 Å². The van der Waals surface area contributed by atoms with Crippen LogP contribution in [0.25, 0.3) is 22.3 Å². The number of esters is 1. The first kappa shape index (κ1) is 23.0. The van der Waals surface area contributed by atoms with Crippen molar-refractivity contribution in [2.75, 3.05) is 0 Å². The summed E-state index contributed by atoms with van der Waals surface area (Å²) < 4.78 is 11.1. The third kappa shape index (κ3) is 5.14. The monoisotopic (exact) mass is 442 g/mol. The van der Waals surface area contributed by atoms with Crippen molar-refractivity contribution >= 4 is 16.9 Å². The van der Waals surface area contributed by atoms with Gasteiger partial charge in [0.2, 0.25) is 11.2 Å². The largest absolute Gasteiger partial charge is 0.508 e. The molecule has 8 heteroatoms. The molecule has 0 aliphatic heterocycles. The van der Waals surface area contributed by atoms with Gasteiger partial charge in [-0.15, -0.1) is 0 Å². The highest BCUT2D eigenvalue weighted by molar-refractivity contribution is 5.89. The Balaban J connectivity index is 1.97. The second-order valence-electron chi connectivity index (χ2n) is 7.62. The van der Waals surface area contributed by atoms with E-state index in [0.717, 1.165) is 50.3 Å². The molecule has 0 amide bonds. The van der Waals surface area contributed by atoms with Crippen LogP contribution in [0.1, 0.15) is 51.9 Å². The summed E-state index contributed by atoms with van der Waals surface area (Å²) in [6, 6.07) is 5.83. The van der Waals surface area contributed by atoms with Crippen molar-refractivity contribution in [2.45, 2.75) is 51.9 Å². The van der Waals surface area contributed by atoms with E-state index < -0.39 is 28.6 Å². The lowest BCUT2D eigenvalue weighted by molar-refractivity contribution is -0.134. The summed E-state index contributed by atoms with van der Waals surface area (Å²) in [5.74, 6) is -2.96. The van der Waals surface area contributed by atoms with Crippen molar-refractivity contribution in [3.63, 3.8) is 0 Å². The van der Waals surface area contributed by atoms with Crippen molar-refractivity contribution in [2.24, 2.45) is 0 Å². The molecule has 0 radical (unpaired) electrons. The lowest BCUT2D eigenvalue weighted by Gasteiger charge is -2.12. The maximum absolute atomic E-state index is 13.1. The number of benzene rings is 2. The Labute approximate surface area is 184 Å². The van der Waals surface area contributed by atoms with E-state index in [1.165, 1.54) is 12.1 Å². The van der Waals surface area contributed by atoms with Crippen LogP contribution in [0.3, 0.4) is 0 Å². The third-order valence-corrected chi connectivity index (χ3v) is 5.11. The third-order valence-electron chi connectivity index (χ3n) is 5.11. The SMILES string of the molecule is CCCCCCCCC(=O)Oc1c(-c2ccc(O)c(O)c2)oc2cc(O)cc(O)c2c1=O. The molecule has 0 bridgehead atoms. The molecule has 3 aromatic rings. The Bertz CT molecular complexity index is 1180. The number of ether oxygens (including phenoxy) is 1. The zero-order valence-electron chi connectivity index (χ0n) is 17.8. The maximum atomic E-state index is 13.1. The molecule has 1 aromatic heterocycles. The Morgan fingerprint density at radius 1 is 0.906 bits per heavy atom. The van der Waals surface area contributed by atoms with Gasteiger partial charge in [0.1, 0.15) is 22.5 Å². The van der Waals surface area contributed by atoms with Gasteiger partial charge in [-0.1, -0.05) is 39.0 Å². The fraction of sp³-hybridized carbons (Fsp3) is 0.333. The van der Waals surface area contributed by atoms with Crippen molar-refractivity contribution in [1.82, 2.24) is 0 Å². The van der Waals surface area contributed by atoms with Crippen LogP contribution in [0.4, 0.5) is 0 Å². The van der Waals surface area contributed by atoms with Crippen LogP contribution in [-0.4, -0.2) is 26.4 Å². The van der Waals surface area contributed by atoms with Crippen LogP contribution in [0.5, 0.6) is 28.7 Å². The average molecular weight is 442 g/mol. The molecule has 0 aliphatic rings. The smallest absolute Gasteiger partial charge is 0.311 e. The molecule has 170 valence electrons. The maximum Gasteiger partial charge on any atom is 0.311 e. The molecule has 3 rings (SSSR count). The van der Waals surface area contributed by atoms with E-state index in [1.54, 1.807) is 0 Å². The lowest BCUT2D eigenvalue weighted by atomic mass is 10.1. The number of phenolic OH excluding ortho intramolecular Hbond substituents is 4. The van der Waals surface area contributed by atoms with E-state index in [9.17, 15) is 30.0 Å². The summed E-state index contributed by atoms with van der Waals surface area (Å²) in [5, 5.41) is 39.1. The first-order chi connectivity index (χ1) is 15.3. The van der Waals surface area contributed by atoms with E-state index in [1.807, 2.05) is 0 Å². The second-order valence-corrected chi connectivity index (χ2v) is 7.62. The standard InChI is InChI=1S/C24H26O8/c1-2-3-4-5-6-7-8-20(29)32-24-22(30)21-18(28)12-15(25)13-19(21)31-23(24)14-9-10-16(26)17(27)11-14/h9-13,25-28H,2-8H2,1H3. The summed E-state index contributed by atoms with van der Waals surface area (Å²) >= 11 is 0. The summed E-state index contributed by atoms with van der Waals surface area (Å²) in [5.41, 5.74) is -0.780. The normalized spacial score (nSPS) is 11.0. The number of aromatic hydroxyl groups is 4. The summed E-state index contributed by atoms with van der Waals surface area (Å²) in [4.78, 5) is 25.5. The molecule has 0 aliphatic carbocycles. The Kier molecular flexibility index (Phi) is 7.25. The molecule has 0 unspecified atom stereocenters. The van der Waals surface area contributed by atoms with Gasteiger partial charge in [0.05, 0.1) is 0 Å². The van der Waals surface area contributed by atoms with Crippen LogP contribution in [0.15, 0.2) is 39.5 Å². The number of fused-ring (bicyclic) bond motifs is 1. The number of carbonyl (C=O) groups is 1. The van der Waals surface area contributed by atoms with Crippen molar-refractivity contribution in [3.05, 3.63) is 40.6 Å². The molecule has 4 N–H and O–H groups in total. The highest BCUT2D eigenvalue weighted by atomic mass is 16.5. The number of rotatable bonds is 9. The topological polar surface area (TPSA) is 137 Å². The van der Waals surface area contributed by atoms with Gasteiger partial charge < -0.3 is 29.6 Å². The summed E-state index contributed by atoms with van der Waals surface area (Å²) in [7, 11) is 0. The van der Waals surface area contributed by atoms with E-state index in [0.29, 0.717) is 6.42 Å². The molecule has 0 saturated heterocycles. The number of unbranched alkanes of at least 4 members (excludes halogenated alkanes) is 5. The van der Waals surface area contributed by atoms with E-state index in [2.05, 4.69) is 6.92 Å². The number of hydrogen-bond acceptors (Lipinski definition) is 8. The average Bonchev–Trinajstić information content (AvgIpc) is 2.74. The van der Waals surface area contributed by atoms with Crippen molar-refractivity contribution in [1.29, 1.82) is 0 Å². The van der Waals surface area contributed by atoms with Gasteiger partial charge in [-0.25, -0.2) is 0 Å². The Morgan fingerprint density at radius 2 is 1.62 bits per heavy atom. The quantitative estimate of drug-likeness (QED) is 0.208. The van der Waals surface area contributed by atoms with Crippen LogP contribution in [-0.2, 0) is 4.79 Å². The van der Waals surface area contributed by atoms with E-state index in [-0.39, 0.29) is 40.2 Å². The van der Waals surface area contributed by atoms with Gasteiger partial charge in [-0.05, 0) is 24.6 Å². The number of carbonyl (C=O) groups excluding carboxylic acids is 1. The number of phenols is 4. The Morgan fingerprint density at radius 3 is 2.34 bits per heavy atom. The van der Waals surface area contributed by atoms with Gasteiger partial charge in [-0.2, -0.15) is 0 Å². The Hall–Kier alpha value is -3.68. The molecule has 2 aromatic carbocycles. The predicted octanol–water partition coefficient (Wildman–Crippen LogP) is 4.94. The molecule has 0 spiro atoms. The molecule has 8 nitrogen and oxygen atoms in total. The molecule has 32 heavy (non-hydrogen) atoms. The minimum Gasteiger partial charge on any atom is -0.508 e. The summed E-state index contributed by atoms with van der Waals surface area (Å²) in [6.45, 7) is 2.12. The highest BCUT2D eigenvalue weighted by Gasteiger charge is 2.23. The fourth-order valence-corrected chi connectivity index (χ4v) is 3.43.